The van der Waals surface area contributed by atoms with Crippen molar-refractivity contribution in [3.63, 3.8) is 0 Å². The number of aromatic nitrogens is 1. The smallest absolute Gasteiger partial charge is 0.258 e. The minimum atomic E-state index is -0.440. The van der Waals surface area contributed by atoms with Crippen LogP contribution in [0.2, 0.25) is 10.0 Å². The first-order valence-corrected chi connectivity index (χ1v) is 9.43. The highest BCUT2D eigenvalue weighted by Crippen LogP contribution is 2.36. The van der Waals surface area contributed by atoms with Crippen molar-refractivity contribution in [2.24, 2.45) is 0 Å². The fourth-order valence-electron chi connectivity index (χ4n) is 3.23. The molecule has 1 aromatic heterocycles. The normalized spacial score (nSPS) is 15.5. The first-order chi connectivity index (χ1) is 13.6. The van der Waals surface area contributed by atoms with E-state index < -0.39 is 6.17 Å². The summed E-state index contributed by atoms with van der Waals surface area (Å²) in [6.07, 6.45) is 1.24. The molecule has 0 saturated heterocycles. The number of fused-ring (bicyclic) bond motifs is 1. The molecule has 0 radical (unpaired) electrons. The van der Waals surface area contributed by atoms with Crippen molar-refractivity contribution in [1.82, 2.24) is 9.88 Å². The van der Waals surface area contributed by atoms with Crippen LogP contribution in [-0.4, -0.2) is 22.9 Å². The summed E-state index contributed by atoms with van der Waals surface area (Å²) in [5.41, 5.74) is 2.92. The van der Waals surface area contributed by atoms with Gasteiger partial charge in [0.25, 0.3) is 5.91 Å². The third-order valence-electron chi connectivity index (χ3n) is 4.64. The van der Waals surface area contributed by atoms with Crippen LogP contribution in [0.5, 0.6) is 5.75 Å². The zero-order valence-corrected chi connectivity index (χ0v) is 16.5. The van der Waals surface area contributed by atoms with Crippen LogP contribution in [-0.2, 0) is 6.54 Å². The molecule has 3 aromatic rings. The fourth-order valence-corrected chi connectivity index (χ4v) is 3.69. The molecule has 0 bridgehead atoms. The van der Waals surface area contributed by atoms with Gasteiger partial charge in [0.05, 0.1) is 29.1 Å². The van der Waals surface area contributed by atoms with E-state index in [9.17, 15) is 4.79 Å². The number of pyridine rings is 1. The van der Waals surface area contributed by atoms with Crippen molar-refractivity contribution in [1.29, 1.82) is 0 Å². The summed E-state index contributed by atoms with van der Waals surface area (Å²) in [5.74, 6) is 0.686. The number of hydrogen-bond donors (Lipinski definition) is 1. The summed E-state index contributed by atoms with van der Waals surface area (Å²) in [6, 6.07) is 16.4. The van der Waals surface area contributed by atoms with Gasteiger partial charge in [0.1, 0.15) is 11.9 Å². The molecule has 7 heteroatoms. The maximum Gasteiger partial charge on any atom is 0.258 e. The maximum atomic E-state index is 13.0. The molecule has 4 rings (SSSR count). The number of anilines is 1. The predicted molar refractivity (Wildman–Crippen MR) is 110 cm³/mol. The monoisotopic (exact) mass is 413 g/mol. The predicted octanol–water partition coefficient (Wildman–Crippen LogP) is 5.16. The third-order valence-corrected chi connectivity index (χ3v) is 5.18. The standard InChI is InChI=1S/C21H17Cl2N3O2/c1-28-15-7-4-13(5-8-15)12-26-20(19-16(21(26)27)3-2-10-24-19)25-18-9-6-14(22)11-17(18)23/h2-11,20,25H,12H2,1H3. The maximum absolute atomic E-state index is 13.0. The van der Waals surface area contributed by atoms with Gasteiger partial charge in [-0.25, -0.2) is 0 Å². The Hall–Kier alpha value is -2.76. The second-order valence-electron chi connectivity index (χ2n) is 6.39. The molecule has 1 aliphatic heterocycles. The highest BCUT2D eigenvalue weighted by molar-refractivity contribution is 6.36. The van der Waals surface area contributed by atoms with Gasteiger partial charge in [-0.2, -0.15) is 0 Å². The van der Waals surface area contributed by atoms with Gasteiger partial charge in [-0.15, -0.1) is 0 Å². The van der Waals surface area contributed by atoms with Gasteiger partial charge in [0.2, 0.25) is 0 Å². The van der Waals surface area contributed by atoms with Crippen molar-refractivity contribution < 1.29 is 9.53 Å². The van der Waals surface area contributed by atoms with Crippen LogP contribution in [0.3, 0.4) is 0 Å². The molecule has 0 saturated carbocycles. The fraction of sp³-hybridized carbons (Fsp3) is 0.143. The Kier molecular flexibility index (Phi) is 5.11. The number of halogens is 2. The Labute approximate surface area is 172 Å². The zero-order valence-electron chi connectivity index (χ0n) is 15.0. The van der Waals surface area contributed by atoms with E-state index in [-0.39, 0.29) is 5.91 Å². The van der Waals surface area contributed by atoms with Crippen molar-refractivity contribution in [2.75, 3.05) is 12.4 Å². The van der Waals surface area contributed by atoms with E-state index in [1.54, 1.807) is 48.5 Å². The highest BCUT2D eigenvalue weighted by Gasteiger charge is 2.38. The van der Waals surface area contributed by atoms with Crippen molar-refractivity contribution in [2.45, 2.75) is 12.7 Å². The first-order valence-electron chi connectivity index (χ1n) is 8.67. The van der Waals surface area contributed by atoms with Crippen molar-refractivity contribution in [3.05, 3.63) is 87.7 Å². The summed E-state index contributed by atoms with van der Waals surface area (Å²) in [4.78, 5) is 19.2. The van der Waals surface area contributed by atoms with Crippen LogP contribution in [0.4, 0.5) is 5.69 Å². The molecule has 1 atom stereocenters. The highest BCUT2D eigenvalue weighted by atomic mass is 35.5. The summed E-state index contributed by atoms with van der Waals surface area (Å²) >= 11 is 12.3. The van der Waals surface area contributed by atoms with Crippen LogP contribution >= 0.6 is 23.2 Å². The molecule has 1 aliphatic rings. The summed E-state index contributed by atoms with van der Waals surface area (Å²) < 4.78 is 5.21. The van der Waals surface area contributed by atoms with E-state index in [0.717, 1.165) is 11.3 Å². The largest absolute Gasteiger partial charge is 0.497 e. The van der Waals surface area contributed by atoms with E-state index in [4.69, 9.17) is 27.9 Å². The lowest BCUT2D eigenvalue weighted by Crippen LogP contribution is -2.32. The molecule has 5 nitrogen and oxygen atoms in total. The molecule has 1 amide bonds. The van der Waals surface area contributed by atoms with Crippen LogP contribution in [0.25, 0.3) is 0 Å². The van der Waals surface area contributed by atoms with Gasteiger partial charge in [-0.3, -0.25) is 9.78 Å². The number of nitrogens with zero attached hydrogens (tertiary/aromatic N) is 2. The number of carbonyl (C=O) groups is 1. The van der Waals surface area contributed by atoms with Crippen LogP contribution in [0, 0.1) is 0 Å². The van der Waals surface area contributed by atoms with E-state index in [1.165, 1.54) is 0 Å². The van der Waals surface area contributed by atoms with E-state index >= 15 is 0 Å². The molecule has 0 fully saturated rings. The number of methoxy groups -OCH3 is 1. The number of ether oxygens (including phenoxy) is 1. The molecular weight excluding hydrogens is 397 g/mol. The third kappa shape index (κ3) is 3.51. The average Bonchev–Trinajstić information content (AvgIpc) is 2.96. The van der Waals surface area contributed by atoms with Gasteiger partial charge in [-0.05, 0) is 48.0 Å². The molecule has 142 valence electrons. The number of amides is 1. The minimum Gasteiger partial charge on any atom is -0.497 e. The molecule has 1 unspecified atom stereocenters. The van der Waals surface area contributed by atoms with Gasteiger partial charge in [0, 0.05) is 17.8 Å². The quantitative estimate of drug-likeness (QED) is 0.627. The summed E-state index contributed by atoms with van der Waals surface area (Å²) in [6.45, 7) is 0.419. The lowest BCUT2D eigenvalue weighted by Gasteiger charge is -2.27. The Morgan fingerprint density at radius 1 is 1.14 bits per heavy atom. The lowest BCUT2D eigenvalue weighted by atomic mass is 10.2. The molecule has 0 spiro atoms. The van der Waals surface area contributed by atoms with Crippen LogP contribution < -0.4 is 10.1 Å². The summed E-state index contributed by atoms with van der Waals surface area (Å²) in [7, 11) is 1.62. The molecule has 0 aliphatic carbocycles. The lowest BCUT2D eigenvalue weighted by molar-refractivity contribution is 0.0728. The summed E-state index contributed by atoms with van der Waals surface area (Å²) in [5, 5.41) is 4.37. The molecule has 2 aromatic carbocycles. The second kappa shape index (κ2) is 7.70. The second-order valence-corrected chi connectivity index (χ2v) is 7.23. The van der Waals surface area contributed by atoms with E-state index in [2.05, 4.69) is 10.3 Å². The molecule has 2 heterocycles. The van der Waals surface area contributed by atoms with Gasteiger partial charge in [0.15, 0.2) is 0 Å². The molecule has 1 N–H and O–H groups in total. The number of carbonyl (C=O) groups excluding carboxylic acids is 1. The van der Waals surface area contributed by atoms with Crippen molar-refractivity contribution in [3.8, 4) is 5.75 Å². The SMILES string of the molecule is COc1ccc(CN2C(=O)c3cccnc3C2Nc2ccc(Cl)cc2Cl)cc1. The van der Waals surface area contributed by atoms with E-state index in [0.29, 0.717) is 33.5 Å². The Morgan fingerprint density at radius 2 is 1.93 bits per heavy atom. The van der Waals surface area contributed by atoms with Crippen LogP contribution in [0.1, 0.15) is 27.8 Å². The van der Waals surface area contributed by atoms with Crippen LogP contribution in [0.15, 0.2) is 60.8 Å². The number of benzene rings is 2. The Bertz CT molecular complexity index is 1020. The van der Waals surface area contributed by atoms with Gasteiger partial charge >= 0.3 is 0 Å². The first kappa shape index (κ1) is 18.6. The Balaban J connectivity index is 1.67. The van der Waals surface area contributed by atoms with Gasteiger partial charge < -0.3 is 15.0 Å². The van der Waals surface area contributed by atoms with Gasteiger partial charge in [-0.1, -0.05) is 35.3 Å². The molecule has 28 heavy (non-hydrogen) atoms. The minimum absolute atomic E-state index is 0.0819. The number of nitrogens with one attached hydrogen (secondary N) is 1. The number of rotatable bonds is 5. The topological polar surface area (TPSA) is 54.5 Å². The molecular formula is C21H17Cl2N3O2. The average molecular weight is 414 g/mol. The van der Waals surface area contributed by atoms with Crippen molar-refractivity contribution >= 4 is 34.8 Å². The Morgan fingerprint density at radius 3 is 2.64 bits per heavy atom. The van der Waals surface area contributed by atoms with E-state index in [1.807, 2.05) is 24.3 Å². The zero-order chi connectivity index (χ0) is 19.7. The number of hydrogen-bond acceptors (Lipinski definition) is 4.